The van der Waals surface area contributed by atoms with Crippen molar-refractivity contribution in [3.63, 3.8) is 0 Å². The van der Waals surface area contributed by atoms with Gasteiger partial charge in [-0.05, 0) is 169 Å². The van der Waals surface area contributed by atoms with Gasteiger partial charge in [-0.15, -0.1) is 0 Å². The van der Waals surface area contributed by atoms with Crippen LogP contribution < -0.4 is 68.9 Å². The summed E-state index contributed by atoms with van der Waals surface area (Å²) in [6.45, 7) is 17.0. The molecule has 2 unspecified atom stereocenters. The number of likely N-dealkylation sites (N-methyl/N-ethyl adjacent to an activating group) is 1. The van der Waals surface area contributed by atoms with Gasteiger partial charge in [0.2, 0.25) is 40.2 Å². The monoisotopic (exact) mass is 1690 g/mol. The van der Waals surface area contributed by atoms with E-state index in [0.29, 0.717) is 24.7 Å². The Morgan fingerprint density at radius 1 is 0.432 bits per heavy atom. The minimum atomic E-state index is -0.0236. The van der Waals surface area contributed by atoms with Gasteiger partial charge in [-0.1, -0.05) is 143 Å². The lowest BCUT2D eigenvalue weighted by molar-refractivity contribution is -0.812. The van der Waals surface area contributed by atoms with E-state index in [4.69, 9.17) is 21.1 Å². The number of nitrogens with one attached hydrogen (secondary N) is 5. The average molecular weight is 1690 g/mol. The van der Waals surface area contributed by atoms with Gasteiger partial charge in [-0.3, -0.25) is 24.1 Å². The standard InChI is InChI=1S/C25H25N3OS.C24H24ClN3O2S.C23H23N3OS.C22H25N3O2S2/c1-18(2)26-24(29)17-28-22-12-6-7-13-23(22)30-25(28)14-8-9-19-15-16-27(3)21-11-5-4-10-20(19)21;1-15(2)26-23(29)14-28-21-13-18(30-4)6-8-22(21)31-24(28)11-16-9-10-27(3)20-7-5-17(25)12-19(16)20;1-16(2)24-22(27)15-26-20-10-6-7-11-21(20)28-23(26)14-17-12-13-25(3)19-9-5-4-8-18(17)19;1-14(2)23-20(26)13-25-17-11-15(27-4)9-10-19(17)29-22(25)12-21-24(3)16-7-5-6-8-18(16)28-21/h4-16,18H,17H2,1-3H3;5-13,15H,14H2,1-4H3;4-14,16H,15H2,1-3H3;5-12,14,21H,13H2,1-4H3,(H,23,26)/p+4/b;;;22-12-. The van der Waals surface area contributed by atoms with Crippen LogP contribution >= 0.6 is 70.4 Å². The maximum Gasteiger partial charge on any atom is 0.240 e. The molecule has 5 aliphatic heterocycles. The van der Waals surface area contributed by atoms with E-state index < -0.39 is 0 Å². The molecule has 24 heteroatoms. The minimum Gasteiger partial charge on any atom is -0.497 e. The zero-order chi connectivity index (χ0) is 83.4. The second-order valence-electron chi connectivity index (χ2n) is 30.1. The molecule has 3 aromatic heterocycles. The Morgan fingerprint density at radius 3 is 1.30 bits per heavy atom. The maximum absolute atomic E-state index is 12.6. The van der Waals surface area contributed by atoms with Crippen molar-refractivity contribution in [1.29, 1.82) is 0 Å². The summed E-state index contributed by atoms with van der Waals surface area (Å²) in [5.74, 6) is 1.61. The Bertz CT molecular complexity index is 5770. The number of amides is 4. The third-order valence-corrected chi connectivity index (χ3v) is 25.9. The first-order valence-electron chi connectivity index (χ1n) is 39.4. The first-order chi connectivity index (χ1) is 56.9. The third kappa shape index (κ3) is 20.5. The van der Waals surface area contributed by atoms with E-state index in [9.17, 15) is 19.2 Å². The molecule has 5 N–H and O–H groups in total. The van der Waals surface area contributed by atoms with Crippen molar-refractivity contribution >= 4 is 173 Å². The van der Waals surface area contributed by atoms with Crippen molar-refractivity contribution < 1.29 is 47.3 Å². The Balaban J connectivity index is 0.000000136. The van der Waals surface area contributed by atoms with Crippen LogP contribution in [0.25, 0.3) is 50.9 Å². The van der Waals surface area contributed by atoms with Gasteiger partial charge in [0.1, 0.15) is 64.5 Å². The van der Waals surface area contributed by atoms with E-state index in [1.807, 2.05) is 158 Å². The fourth-order valence-electron chi connectivity index (χ4n) is 14.3. The molecule has 0 saturated heterocycles. The number of pyridine rings is 3. The van der Waals surface area contributed by atoms with Crippen molar-refractivity contribution in [3.8, 4) is 11.5 Å². The molecule has 8 heterocycles. The molecule has 4 amide bonds. The van der Waals surface area contributed by atoms with Crippen molar-refractivity contribution in [3.05, 3.63) is 273 Å². The number of methoxy groups -OCH3 is 2. The van der Waals surface area contributed by atoms with E-state index in [2.05, 4.69) is 241 Å². The van der Waals surface area contributed by atoms with E-state index in [1.165, 1.54) is 52.6 Å². The van der Waals surface area contributed by atoms with Crippen LogP contribution in [0.3, 0.4) is 0 Å². The molecule has 11 aromatic rings. The van der Waals surface area contributed by atoms with Crippen molar-refractivity contribution in [2.24, 2.45) is 21.1 Å². The Labute approximate surface area is 718 Å². The van der Waals surface area contributed by atoms with Gasteiger partial charge in [0.25, 0.3) is 0 Å². The Morgan fingerprint density at radius 2 is 0.814 bits per heavy atom. The van der Waals surface area contributed by atoms with E-state index >= 15 is 0 Å². The molecule has 0 radical (unpaired) electrons. The SMILES string of the molecule is CC(C)NC(=O)CN1/C(=C/C=C/c2cc[n+](C)c3ccccc23)Sc2ccccc21.CC(C)NC(=O)CN1/C(=C/c2cc[n+](C)c3ccccc23)Sc2ccccc21.COc1ccc2c(c1)N(CC(=O)NC(C)C)/C(=C/C1Sc3ccccc3[NH+]1C)S2.COc1ccc2c(c1)N(CC(=O)NC(C)C)/C(=C/c1cc[n+](C)c3ccc(Cl)cc13)S2. The van der Waals surface area contributed by atoms with Gasteiger partial charge in [0.05, 0.1) is 85.2 Å². The fraction of sp³-hybridized carbons (Fsp3) is 0.245. The molecular formula is C94H101ClN12O6S5+4. The highest BCUT2D eigenvalue weighted by Gasteiger charge is 2.36. The van der Waals surface area contributed by atoms with Crippen LogP contribution in [0.2, 0.25) is 5.02 Å². The van der Waals surface area contributed by atoms with Gasteiger partial charge < -0.3 is 50.3 Å². The molecule has 0 fully saturated rings. The number of anilines is 4. The third-order valence-electron chi connectivity index (χ3n) is 19.8. The topological polar surface area (TPSA) is 164 Å². The van der Waals surface area contributed by atoms with Crippen LogP contribution in [0, 0.1) is 0 Å². The number of hydrogen-bond acceptors (Lipinski definition) is 15. The number of quaternary nitrogens is 1. The molecule has 118 heavy (non-hydrogen) atoms. The second-order valence-corrected chi connectivity index (χ2v) is 36.0. The zero-order valence-corrected chi connectivity index (χ0v) is 73.7. The average Bonchev–Trinajstić information content (AvgIpc) is 1.21. The first kappa shape index (κ1) is 85.3. The lowest BCUT2D eigenvalue weighted by Crippen LogP contribution is -3.05. The molecule has 0 aliphatic carbocycles. The summed E-state index contributed by atoms with van der Waals surface area (Å²) in [5.41, 5.74) is 12.3. The number of carbonyl (C=O) groups is 4. The van der Waals surface area contributed by atoms with Crippen LogP contribution in [0.15, 0.2) is 276 Å². The lowest BCUT2D eigenvalue weighted by Gasteiger charge is -2.22. The summed E-state index contributed by atoms with van der Waals surface area (Å²) in [7, 11) is 11.7. The van der Waals surface area contributed by atoms with Gasteiger partial charge >= 0.3 is 0 Å². The van der Waals surface area contributed by atoms with Crippen LogP contribution in [-0.2, 0) is 40.3 Å². The Kier molecular flexibility index (Phi) is 28.1. The molecule has 8 aromatic carbocycles. The molecule has 16 rings (SSSR count). The largest absolute Gasteiger partial charge is 0.497 e. The van der Waals surface area contributed by atoms with Gasteiger partial charge in [-0.2, -0.15) is 0 Å². The molecule has 0 bridgehead atoms. The number of hydrogen-bond donors (Lipinski definition) is 5. The number of carbonyl (C=O) groups excluding carboxylic acids is 4. The van der Waals surface area contributed by atoms with Crippen molar-refractivity contribution in [1.82, 2.24) is 21.3 Å². The maximum atomic E-state index is 12.6. The highest BCUT2D eigenvalue weighted by Crippen LogP contribution is 2.51. The van der Waals surface area contributed by atoms with Crippen LogP contribution in [-0.4, -0.2) is 101 Å². The zero-order valence-electron chi connectivity index (χ0n) is 68.9. The molecular weight excluding hydrogens is 1590 g/mol. The number of halogens is 1. The number of thioether (sulfide) groups is 5. The van der Waals surface area contributed by atoms with Crippen molar-refractivity contribution in [2.75, 3.05) is 67.0 Å². The van der Waals surface area contributed by atoms with Crippen LogP contribution in [0.5, 0.6) is 11.5 Å². The predicted molar refractivity (Wildman–Crippen MR) is 489 cm³/mol. The minimum absolute atomic E-state index is 0.0187. The number of ether oxygens (including phenoxy) is 2. The second kappa shape index (κ2) is 38.8. The van der Waals surface area contributed by atoms with Crippen LogP contribution in [0.4, 0.5) is 28.4 Å². The normalized spacial score (nSPS) is 16.3. The van der Waals surface area contributed by atoms with Gasteiger partial charge in [-0.25, -0.2) is 13.7 Å². The molecule has 606 valence electrons. The number of fused-ring (bicyclic) bond motifs is 8. The highest BCUT2D eigenvalue weighted by atomic mass is 35.5. The number of aryl methyl sites for hydroxylation is 3. The van der Waals surface area contributed by atoms with E-state index in [1.54, 1.807) is 61.3 Å². The smallest absolute Gasteiger partial charge is 0.240 e. The lowest BCUT2D eigenvalue weighted by atomic mass is 10.1. The molecule has 0 saturated carbocycles. The first-order valence-corrected chi connectivity index (χ1v) is 43.9. The highest BCUT2D eigenvalue weighted by molar-refractivity contribution is 8.04. The Hall–Kier alpha value is -10.6. The summed E-state index contributed by atoms with van der Waals surface area (Å²) in [6.07, 6.45) is 19.1. The van der Waals surface area contributed by atoms with Gasteiger partial charge in [0.15, 0.2) is 24.0 Å². The van der Waals surface area contributed by atoms with Crippen molar-refractivity contribution in [2.45, 2.75) is 109 Å². The fourth-order valence-corrected chi connectivity index (χ4v) is 20.3. The molecule has 18 nitrogen and oxygen atoms in total. The van der Waals surface area contributed by atoms with E-state index in [-0.39, 0.29) is 59.7 Å². The molecule has 0 spiro atoms. The van der Waals surface area contributed by atoms with Gasteiger partial charge in [0, 0.05) is 109 Å². The van der Waals surface area contributed by atoms with E-state index in [0.717, 1.165) is 86.2 Å². The summed E-state index contributed by atoms with van der Waals surface area (Å²) < 4.78 is 17.2. The van der Waals surface area contributed by atoms with Crippen LogP contribution in [0.1, 0.15) is 72.1 Å². The quantitative estimate of drug-likeness (QED) is 0.0486. The summed E-state index contributed by atoms with van der Waals surface area (Å²) >= 11 is 14.9. The number of aromatic nitrogens is 3. The number of allylic oxidation sites excluding steroid dienone is 2. The number of nitrogens with zero attached hydrogens (tertiary/aromatic N) is 7. The number of benzene rings is 8. The summed E-state index contributed by atoms with van der Waals surface area (Å²) in [5, 5.41) is 20.6. The number of rotatable bonds is 19. The summed E-state index contributed by atoms with van der Waals surface area (Å²) in [4.78, 5) is 65.7. The predicted octanol–water partition coefficient (Wildman–Crippen LogP) is 16.8. The summed E-state index contributed by atoms with van der Waals surface area (Å²) in [6, 6.07) is 66.5. The molecule has 2 atom stereocenters. The number of para-hydroxylation sites is 5. The molecule has 5 aliphatic rings.